The Labute approximate surface area is 201 Å². The van der Waals surface area contributed by atoms with Gasteiger partial charge in [0.25, 0.3) is 15.9 Å². The highest BCUT2D eigenvalue weighted by molar-refractivity contribution is 7.90. The number of carbonyl (C=O) groups is 3. The van der Waals surface area contributed by atoms with Crippen molar-refractivity contribution in [2.75, 3.05) is 13.1 Å². The van der Waals surface area contributed by atoms with Crippen molar-refractivity contribution in [2.24, 2.45) is 5.92 Å². The van der Waals surface area contributed by atoms with Crippen molar-refractivity contribution in [3.8, 4) is 0 Å². The minimum atomic E-state index is -4.00. The first-order valence-electron chi connectivity index (χ1n) is 11.4. The molecule has 0 saturated heterocycles. The van der Waals surface area contributed by atoms with E-state index in [0.717, 1.165) is 9.87 Å². The molecule has 8 nitrogen and oxygen atoms in total. The fraction of sp³-hybridized carbons (Fsp3) is 0.400. The van der Waals surface area contributed by atoms with Gasteiger partial charge in [-0.15, -0.1) is 0 Å². The number of benzene rings is 2. The zero-order valence-electron chi connectivity index (χ0n) is 19.7. The van der Waals surface area contributed by atoms with Gasteiger partial charge in [-0.05, 0) is 30.0 Å². The van der Waals surface area contributed by atoms with E-state index in [1.165, 1.54) is 17.0 Å². The lowest BCUT2D eigenvalue weighted by Gasteiger charge is -2.31. The third kappa shape index (κ3) is 5.47. The molecule has 1 aliphatic heterocycles. The first kappa shape index (κ1) is 25.4. The summed E-state index contributed by atoms with van der Waals surface area (Å²) in [5, 5.41) is 2.89. The molecule has 0 radical (unpaired) electrons. The summed E-state index contributed by atoms with van der Waals surface area (Å²) in [6.45, 7) is 6.20. The molecule has 1 aliphatic rings. The quantitative estimate of drug-likeness (QED) is 0.557. The van der Waals surface area contributed by atoms with Gasteiger partial charge in [-0.25, -0.2) is 12.7 Å². The van der Waals surface area contributed by atoms with Crippen molar-refractivity contribution < 1.29 is 22.8 Å². The topological polar surface area (TPSA) is 104 Å². The van der Waals surface area contributed by atoms with Crippen LogP contribution in [0.3, 0.4) is 0 Å². The Morgan fingerprint density at radius 3 is 2.29 bits per heavy atom. The molecule has 0 aliphatic carbocycles. The van der Waals surface area contributed by atoms with Crippen molar-refractivity contribution in [2.45, 2.75) is 51.1 Å². The van der Waals surface area contributed by atoms with Crippen molar-refractivity contribution in [3.05, 3.63) is 65.7 Å². The maximum absolute atomic E-state index is 13.4. The summed E-state index contributed by atoms with van der Waals surface area (Å²) in [4.78, 5) is 40.4. The van der Waals surface area contributed by atoms with Gasteiger partial charge < -0.3 is 10.2 Å². The molecule has 0 spiro atoms. The largest absolute Gasteiger partial charge is 0.354 e. The Morgan fingerprint density at radius 2 is 1.68 bits per heavy atom. The Morgan fingerprint density at radius 1 is 1.03 bits per heavy atom. The molecule has 9 heteroatoms. The van der Waals surface area contributed by atoms with Crippen LogP contribution in [0.4, 0.5) is 0 Å². The number of hydrogen-bond acceptors (Lipinski definition) is 5. The van der Waals surface area contributed by atoms with Gasteiger partial charge in [0, 0.05) is 26.1 Å². The fourth-order valence-electron chi connectivity index (χ4n) is 3.92. The predicted octanol–water partition coefficient (Wildman–Crippen LogP) is 2.80. The van der Waals surface area contributed by atoms with Crippen LogP contribution < -0.4 is 5.32 Å². The van der Waals surface area contributed by atoms with E-state index in [1.807, 2.05) is 51.1 Å². The summed E-state index contributed by atoms with van der Waals surface area (Å²) in [5.41, 5.74) is 0.957. The number of amides is 3. The van der Waals surface area contributed by atoms with Crippen LogP contribution in [0.2, 0.25) is 0 Å². The second kappa shape index (κ2) is 10.8. The molecule has 1 heterocycles. The van der Waals surface area contributed by atoms with Crippen molar-refractivity contribution in [3.63, 3.8) is 0 Å². The Kier molecular flexibility index (Phi) is 8.09. The fourth-order valence-corrected chi connectivity index (χ4v) is 5.48. The molecule has 0 bridgehead atoms. The van der Waals surface area contributed by atoms with Crippen LogP contribution in [-0.4, -0.2) is 54.5 Å². The van der Waals surface area contributed by atoms with E-state index >= 15 is 0 Å². The van der Waals surface area contributed by atoms with E-state index in [0.29, 0.717) is 13.0 Å². The molecular formula is C25H31N3O5S. The van der Waals surface area contributed by atoms with Crippen molar-refractivity contribution in [1.82, 2.24) is 14.5 Å². The van der Waals surface area contributed by atoms with Gasteiger partial charge in [0.1, 0.15) is 10.9 Å². The zero-order valence-corrected chi connectivity index (χ0v) is 20.5. The number of hydrogen-bond donors (Lipinski definition) is 1. The summed E-state index contributed by atoms with van der Waals surface area (Å²) in [5.74, 6) is -1.03. The maximum Gasteiger partial charge on any atom is 0.269 e. The summed E-state index contributed by atoms with van der Waals surface area (Å²) in [6.07, 6.45) is 0.175. The van der Waals surface area contributed by atoms with Crippen LogP contribution in [-0.2, 0) is 26.2 Å². The average Bonchev–Trinajstić information content (AvgIpc) is 3.01. The van der Waals surface area contributed by atoms with E-state index in [4.69, 9.17) is 0 Å². The first-order valence-corrected chi connectivity index (χ1v) is 12.9. The molecular weight excluding hydrogens is 454 g/mol. The monoisotopic (exact) mass is 485 g/mol. The van der Waals surface area contributed by atoms with Crippen molar-refractivity contribution >= 4 is 27.7 Å². The predicted molar refractivity (Wildman–Crippen MR) is 128 cm³/mol. The summed E-state index contributed by atoms with van der Waals surface area (Å²) < 4.78 is 26.4. The SMILES string of the molecule is CC[C@@H](C(=O)NCC(C)C)N(Cc1ccccc1)C(=O)CCN1C(=O)c2ccccc2S1(=O)=O. The van der Waals surface area contributed by atoms with Crippen LogP contribution in [0.15, 0.2) is 59.5 Å². The normalized spacial score (nSPS) is 15.2. The van der Waals surface area contributed by atoms with E-state index in [2.05, 4.69) is 5.32 Å². The molecule has 2 aromatic carbocycles. The van der Waals surface area contributed by atoms with E-state index in [-0.39, 0.29) is 41.8 Å². The second-order valence-corrected chi connectivity index (χ2v) is 10.5. The Bertz CT molecular complexity index is 1150. The molecule has 0 fully saturated rings. The van der Waals surface area contributed by atoms with Crippen LogP contribution in [0.1, 0.15) is 49.5 Å². The third-order valence-electron chi connectivity index (χ3n) is 5.71. The summed E-state index contributed by atoms with van der Waals surface area (Å²) in [6, 6.07) is 14.6. The standard InChI is InChI=1S/C25H31N3O5S/c1-4-21(24(30)26-16-18(2)3)27(17-19-10-6-5-7-11-19)23(29)14-15-28-25(31)20-12-8-9-13-22(20)34(28,32)33/h5-13,18,21H,4,14-17H2,1-3H3,(H,26,30)/t21-/m0/s1. The highest BCUT2D eigenvalue weighted by atomic mass is 32.2. The number of fused-ring (bicyclic) bond motifs is 1. The first-order chi connectivity index (χ1) is 16.2. The Balaban J connectivity index is 1.80. The minimum absolute atomic E-state index is 0.0481. The number of carbonyl (C=O) groups excluding carboxylic acids is 3. The van der Waals surface area contributed by atoms with Gasteiger partial charge in [-0.1, -0.05) is 63.2 Å². The lowest BCUT2D eigenvalue weighted by atomic mass is 10.1. The van der Waals surface area contributed by atoms with Gasteiger partial charge in [0.05, 0.1) is 5.56 Å². The third-order valence-corrected chi connectivity index (χ3v) is 7.55. The van der Waals surface area contributed by atoms with Gasteiger partial charge in [0.15, 0.2) is 0 Å². The number of nitrogens with one attached hydrogen (secondary N) is 1. The van der Waals surface area contributed by atoms with Gasteiger partial charge in [-0.2, -0.15) is 0 Å². The van der Waals surface area contributed by atoms with E-state index in [1.54, 1.807) is 12.1 Å². The zero-order chi connectivity index (χ0) is 24.9. The van der Waals surface area contributed by atoms with Gasteiger partial charge in [-0.3, -0.25) is 14.4 Å². The van der Waals surface area contributed by atoms with Crippen molar-refractivity contribution in [1.29, 1.82) is 0 Å². The number of nitrogens with zero attached hydrogens (tertiary/aromatic N) is 2. The number of sulfonamides is 1. The van der Waals surface area contributed by atoms with Crippen LogP contribution >= 0.6 is 0 Å². The lowest BCUT2D eigenvalue weighted by molar-refractivity contribution is -0.141. The van der Waals surface area contributed by atoms with Crippen LogP contribution in [0.5, 0.6) is 0 Å². The smallest absolute Gasteiger partial charge is 0.269 e. The summed E-state index contributed by atoms with van der Waals surface area (Å²) in [7, 11) is -4.00. The molecule has 0 unspecified atom stereocenters. The Hall–Kier alpha value is -3.20. The molecule has 0 aromatic heterocycles. The lowest BCUT2D eigenvalue weighted by Crippen LogP contribution is -2.50. The van der Waals surface area contributed by atoms with Crippen LogP contribution in [0, 0.1) is 5.92 Å². The summed E-state index contributed by atoms with van der Waals surface area (Å²) >= 11 is 0. The van der Waals surface area contributed by atoms with E-state index in [9.17, 15) is 22.8 Å². The number of rotatable bonds is 10. The molecule has 2 aromatic rings. The average molecular weight is 486 g/mol. The molecule has 34 heavy (non-hydrogen) atoms. The van der Waals surface area contributed by atoms with Crippen LogP contribution in [0.25, 0.3) is 0 Å². The van der Waals surface area contributed by atoms with E-state index < -0.39 is 27.9 Å². The molecule has 3 amide bonds. The van der Waals surface area contributed by atoms with Gasteiger partial charge in [0.2, 0.25) is 11.8 Å². The molecule has 182 valence electrons. The minimum Gasteiger partial charge on any atom is -0.354 e. The molecule has 1 atom stereocenters. The highest BCUT2D eigenvalue weighted by Crippen LogP contribution is 2.30. The second-order valence-electron chi connectivity index (χ2n) is 8.70. The molecule has 1 N–H and O–H groups in total. The molecule has 0 saturated carbocycles. The molecule has 3 rings (SSSR count). The highest BCUT2D eigenvalue weighted by Gasteiger charge is 2.41. The van der Waals surface area contributed by atoms with Gasteiger partial charge >= 0.3 is 0 Å². The maximum atomic E-state index is 13.4.